The van der Waals surface area contributed by atoms with Gasteiger partial charge in [0.15, 0.2) is 5.69 Å². The van der Waals surface area contributed by atoms with E-state index in [1.165, 1.54) is 0 Å². The van der Waals surface area contributed by atoms with E-state index in [2.05, 4.69) is 16.3 Å². The van der Waals surface area contributed by atoms with Crippen molar-refractivity contribution in [2.24, 2.45) is 0 Å². The Morgan fingerprint density at radius 2 is 1.91 bits per heavy atom. The van der Waals surface area contributed by atoms with Gasteiger partial charge < -0.3 is 4.74 Å². The van der Waals surface area contributed by atoms with Gasteiger partial charge in [-0.1, -0.05) is 6.08 Å². The number of methoxy groups -OCH3 is 1. The maximum Gasteiger partial charge on any atom is 0.434 e. The summed E-state index contributed by atoms with van der Waals surface area (Å²) in [5.41, 5.74) is -6.10. The molecule has 126 valence electrons. The number of esters is 1. The van der Waals surface area contributed by atoms with E-state index in [9.17, 15) is 31.5 Å². The van der Waals surface area contributed by atoms with E-state index < -0.39 is 58.3 Å². The molecule has 0 aliphatic rings. The number of carbonyl (C=O) groups is 2. The van der Waals surface area contributed by atoms with Crippen molar-refractivity contribution >= 4 is 22.8 Å². The summed E-state index contributed by atoms with van der Waals surface area (Å²) in [6.07, 6.45) is -8.20. The molecule has 4 nitrogen and oxygen atoms in total. The standard InChI is InChI=1S/C13H9ClF5NO3/c1-3-4-5-6(10(14)21)8(11(15)16)20-9(13(17,18)19)7(5)12(22)23-2/h3,11H,1,4H2,2H3. The highest BCUT2D eigenvalue weighted by molar-refractivity contribution is 6.68. The normalized spacial score (nSPS) is 11.5. The molecular formula is C13H9ClF5NO3. The van der Waals surface area contributed by atoms with Crippen molar-refractivity contribution in [3.8, 4) is 0 Å². The predicted molar refractivity (Wildman–Crippen MR) is 69.6 cm³/mol. The molecule has 0 fully saturated rings. The Bertz CT molecular complexity index is 658. The maximum absolute atomic E-state index is 13.1. The molecule has 0 aromatic carbocycles. The SMILES string of the molecule is C=CCc1c(C(=O)Cl)c(C(F)F)nc(C(F)(F)F)c1C(=O)OC. The first-order chi connectivity index (χ1) is 10.6. The lowest BCUT2D eigenvalue weighted by Gasteiger charge is -2.18. The van der Waals surface area contributed by atoms with Crippen molar-refractivity contribution < 1.29 is 36.3 Å². The lowest BCUT2D eigenvalue weighted by Crippen LogP contribution is -2.23. The summed E-state index contributed by atoms with van der Waals surface area (Å²) in [5.74, 6) is -1.48. The number of halogens is 6. The van der Waals surface area contributed by atoms with Gasteiger partial charge in [0, 0.05) is 0 Å². The average molecular weight is 358 g/mol. The van der Waals surface area contributed by atoms with Gasteiger partial charge in [-0.25, -0.2) is 18.6 Å². The molecule has 0 saturated heterocycles. The number of aromatic nitrogens is 1. The van der Waals surface area contributed by atoms with Crippen LogP contribution in [0.15, 0.2) is 12.7 Å². The van der Waals surface area contributed by atoms with E-state index in [1.54, 1.807) is 0 Å². The Kier molecular flexibility index (Phi) is 5.81. The van der Waals surface area contributed by atoms with Crippen LogP contribution >= 0.6 is 11.6 Å². The molecule has 23 heavy (non-hydrogen) atoms. The van der Waals surface area contributed by atoms with Gasteiger partial charge in [-0.2, -0.15) is 13.2 Å². The van der Waals surface area contributed by atoms with E-state index in [0.29, 0.717) is 0 Å². The second-order valence-corrected chi connectivity index (χ2v) is 4.47. The highest BCUT2D eigenvalue weighted by Crippen LogP contribution is 2.37. The minimum absolute atomic E-state index is 0.496. The quantitative estimate of drug-likeness (QED) is 0.347. The van der Waals surface area contributed by atoms with Gasteiger partial charge in [-0.3, -0.25) is 4.79 Å². The monoisotopic (exact) mass is 357 g/mol. The van der Waals surface area contributed by atoms with Crippen LogP contribution in [-0.4, -0.2) is 23.3 Å². The van der Waals surface area contributed by atoms with Crippen LogP contribution in [-0.2, 0) is 17.3 Å². The van der Waals surface area contributed by atoms with Crippen LogP contribution in [0, 0.1) is 0 Å². The second-order valence-electron chi connectivity index (χ2n) is 4.13. The fraction of sp³-hybridized carbons (Fsp3) is 0.308. The van der Waals surface area contributed by atoms with Gasteiger partial charge in [0.1, 0.15) is 5.69 Å². The number of nitrogens with zero attached hydrogens (tertiary/aromatic N) is 1. The fourth-order valence-corrected chi connectivity index (χ4v) is 2.12. The predicted octanol–water partition coefficient (Wildman–Crippen LogP) is 3.93. The van der Waals surface area contributed by atoms with Crippen LogP contribution in [0.25, 0.3) is 0 Å². The largest absolute Gasteiger partial charge is 0.465 e. The van der Waals surface area contributed by atoms with Crippen LogP contribution in [0.2, 0.25) is 0 Å². The first-order valence-corrected chi connectivity index (χ1v) is 6.25. The third-order valence-corrected chi connectivity index (χ3v) is 2.93. The summed E-state index contributed by atoms with van der Waals surface area (Å²) in [6, 6.07) is 0. The molecule has 0 unspecified atom stereocenters. The number of carbonyl (C=O) groups excluding carboxylic acids is 2. The zero-order chi connectivity index (χ0) is 17.9. The van der Waals surface area contributed by atoms with Crippen LogP contribution in [0.3, 0.4) is 0 Å². The minimum Gasteiger partial charge on any atom is -0.465 e. The summed E-state index contributed by atoms with van der Waals surface area (Å²) < 4.78 is 69.5. The van der Waals surface area contributed by atoms with Crippen LogP contribution in [0.5, 0.6) is 0 Å². The average Bonchev–Trinajstić information content (AvgIpc) is 2.44. The van der Waals surface area contributed by atoms with Gasteiger partial charge in [0.2, 0.25) is 0 Å². The summed E-state index contributed by atoms with van der Waals surface area (Å²) in [5, 5.41) is -1.47. The fourth-order valence-electron chi connectivity index (χ4n) is 1.91. The van der Waals surface area contributed by atoms with Crippen molar-refractivity contribution in [1.82, 2.24) is 4.98 Å². The molecule has 0 saturated carbocycles. The Labute approximate surface area is 131 Å². The second kappa shape index (κ2) is 7.03. The number of allylic oxidation sites excluding steroid dienone is 1. The summed E-state index contributed by atoms with van der Waals surface area (Å²) >= 11 is 5.20. The van der Waals surface area contributed by atoms with Gasteiger partial charge in [0.25, 0.3) is 11.7 Å². The van der Waals surface area contributed by atoms with Crippen molar-refractivity contribution in [2.45, 2.75) is 19.0 Å². The summed E-state index contributed by atoms with van der Waals surface area (Å²) in [6.45, 7) is 3.25. The van der Waals surface area contributed by atoms with Crippen LogP contribution < -0.4 is 0 Å². The Morgan fingerprint density at radius 1 is 1.35 bits per heavy atom. The van der Waals surface area contributed by atoms with Gasteiger partial charge in [-0.05, 0) is 23.6 Å². The highest BCUT2D eigenvalue weighted by Gasteiger charge is 2.42. The number of hydrogen-bond acceptors (Lipinski definition) is 4. The Morgan fingerprint density at radius 3 is 2.26 bits per heavy atom. The molecule has 0 spiro atoms. The zero-order valence-corrected chi connectivity index (χ0v) is 12.3. The van der Waals surface area contributed by atoms with E-state index in [0.717, 1.165) is 13.2 Å². The van der Waals surface area contributed by atoms with E-state index in [-0.39, 0.29) is 0 Å². The highest BCUT2D eigenvalue weighted by atomic mass is 35.5. The molecule has 1 aromatic rings. The lowest BCUT2D eigenvalue weighted by molar-refractivity contribution is -0.142. The van der Waals surface area contributed by atoms with Crippen LogP contribution in [0.1, 0.15) is 44.1 Å². The molecule has 10 heteroatoms. The Hall–Kier alpha value is -2.03. The molecule has 0 aliphatic heterocycles. The molecule has 0 amide bonds. The third kappa shape index (κ3) is 3.84. The Balaban J connectivity index is 4.03. The van der Waals surface area contributed by atoms with E-state index >= 15 is 0 Å². The van der Waals surface area contributed by atoms with Crippen molar-refractivity contribution in [3.63, 3.8) is 0 Å². The number of hydrogen-bond donors (Lipinski definition) is 0. The summed E-state index contributed by atoms with van der Waals surface area (Å²) in [4.78, 5) is 25.9. The maximum atomic E-state index is 13.1. The zero-order valence-electron chi connectivity index (χ0n) is 11.5. The van der Waals surface area contributed by atoms with Crippen molar-refractivity contribution in [1.29, 1.82) is 0 Å². The molecule has 0 N–H and O–H groups in total. The van der Waals surface area contributed by atoms with Crippen LogP contribution in [0.4, 0.5) is 22.0 Å². The number of alkyl halides is 5. The smallest absolute Gasteiger partial charge is 0.434 e. The van der Waals surface area contributed by atoms with Gasteiger partial charge >= 0.3 is 12.1 Å². The number of pyridine rings is 1. The number of ether oxygens (including phenoxy) is 1. The molecule has 1 heterocycles. The van der Waals surface area contributed by atoms with Crippen molar-refractivity contribution in [3.05, 3.63) is 40.7 Å². The lowest BCUT2D eigenvalue weighted by atomic mass is 9.95. The topological polar surface area (TPSA) is 56.3 Å². The molecule has 0 radical (unpaired) electrons. The van der Waals surface area contributed by atoms with Crippen molar-refractivity contribution in [2.75, 3.05) is 7.11 Å². The first-order valence-electron chi connectivity index (χ1n) is 5.87. The van der Waals surface area contributed by atoms with Gasteiger partial charge in [0.05, 0.1) is 18.2 Å². The number of rotatable bonds is 5. The van der Waals surface area contributed by atoms with E-state index in [1.807, 2.05) is 0 Å². The molecule has 1 rings (SSSR count). The van der Waals surface area contributed by atoms with E-state index in [4.69, 9.17) is 11.6 Å². The molecule has 0 bridgehead atoms. The van der Waals surface area contributed by atoms with Gasteiger partial charge in [-0.15, -0.1) is 6.58 Å². The molecular weight excluding hydrogens is 349 g/mol. The summed E-state index contributed by atoms with van der Waals surface area (Å²) in [7, 11) is 0.795. The molecule has 0 atom stereocenters. The molecule has 0 aliphatic carbocycles. The minimum atomic E-state index is -5.23. The first kappa shape index (κ1) is 19.0. The molecule has 1 aromatic heterocycles. The third-order valence-electron chi connectivity index (χ3n) is 2.74.